The van der Waals surface area contributed by atoms with Gasteiger partial charge in [-0.2, -0.15) is 0 Å². The standard InChI is InChI=1S/C19H26F3NO4/c1-18(2,3)27-17(24)23-12-5-4-6-14(23)11-13-25-15-7-9-16(10-8-15)26-19(20,21)22/h7-10,14H,4-6,11-13H2,1-3H3/t14-/m0/s1. The molecule has 1 fully saturated rings. The molecule has 0 aromatic heterocycles. The Labute approximate surface area is 157 Å². The zero-order valence-electron chi connectivity index (χ0n) is 15.8. The largest absolute Gasteiger partial charge is 0.573 e. The fourth-order valence-electron chi connectivity index (χ4n) is 2.91. The Morgan fingerprint density at radius 1 is 1.11 bits per heavy atom. The van der Waals surface area contributed by atoms with E-state index in [-0.39, 0.29) is 17.9 Å². The van der Waals surface area contributed by atoms with Crippen LogP contribution in [0.25, 0.3) is 0 Å². The van der Waals surface area contributed by atoms with E-state index in [0.29, 0.717) is 25.3 Å². The lowest BCUT2D eigenvalue weighted by Gasteiger charge is -2.36. The van der Waals surface area contributed by atoms with Gasteiger partial charge >= 0.3 is 12.5 Å². The highest BCUT2D eigenvalue weighted by Gasteiger charge is 2.31. The van der Waals surface area contributed by atoms with Crippen molar-refractivity contribution in [1.29, 1.82) is 0 Å². The van der Waals surface area contributed by atoms with Crippen LogP contribution in [0.2, 0.25) is 0 Å². The van der Waals surface area contributed by atoms with Crippen molar-refractivity contribution >= 4 is 6.09 Å². The summed E-state index contributed by atoms with van der Waals surface area (Å²) in [6.45, 7) is 6.50. The zero-order chi connectivity index (χ0) is 20.1. The molecule has 1 amide bonds. The number of carbonyl (C=O) groups excluding carboxylic acids is 1. The van der Waals surface area contributed by atoms with Gasteiger partial charge in [0.05, 0.1) is 6.61 Å². The lowest BCUT2D eigenvalue weighted by molar-refractivity contribution is -0.274. The third-order valence-corrected chi connectivity index (χ3v) is 4.03. The average molecular weight is 389 g/mol. The van der Waals surface area contributed by atoms with E-state index in [2.05, 4.69) is 4.74 Å². The number of rotatable bonds is 5. The smallest absolute Gasteiger partial charge is 0.494 e. The van der Waals surface area contributed by atoms with Crippen LogP contribution in [-0.4, -0.2) is 42.2 Å². The van der Waals surface area contributed by atoms with E-state index < -0.39 is 12.0 Å². The molecule has 0 radical (unpaired) electrons. The van der Waals surface area contributed by atoms with Crippen LogP contribution in [0.4, 0.5) is 18.0 Å². The Hall–Kier alpha value is -2.12. The molecule has 1 atom stereocenters. The van der Waals surface area contributed by atoms with E-state index in [1.54, 1.807) is 4.90 Å². The number of piperidine rings is 1. The highest BCUT2D eigenvalue weighted by molar-refractivity contribution is 5.68. The summed E-state index contributed by atoms with van der Waals surface area (Å²) in [6.07, 6.45) is -1.55. The van der Waals surface area contributed by atoms with Gasteiger partial charge in [0.25, 0.3) is 0 Å². The predicted molar refractivity (Wildman–Crippen MR) is 93.8 cm³/mol. The van der Waals surface area contributed by atoms with Gasteiger partial charge < -0.3 is 19.1 Å². The van der Waals surface area contributed by atoms with Crippen molar-refractivity contribution in [3.05, 3.63) is 24.3 Å². The van der Waals surface area contributed by atoms with Crippen LogP contribution in [0.3, 0.4) is 0 Å². The molecule has 0 spiro atoms. The number of hydrogen-bond acceptors (Lipinski definition) is 4. The Morgan fingerprint density at radius 2 is 1.74 bits per heavy atom. The van der Waals surface area contributed by atoms with Gasteiger partial charge in [-0.1, -0.05) is 0 Å². The van der Waals surface area contributed by atoms with Gasteiger partial charge in [0.2, 0.25) is 0 Å². The van der Waals surface area contributed by atoms with E-state index in [1.165, 1.54) is 24.3 Å². The first-order valence-corrected chi connectivity index (χ1v) is 9.02. The topological polar surface area (TPSA) is 48.0 Å². The first-order valence-electron chi connectivity index (χ1n) is 9.02. The summed E-state index contributed by atoms with van der Waals surface area (Å²) in [5.74, 6) is 0.155. The van der Waals surface area contributed by atoms with Crippen molar-refractivity contribution in [2.45, 2.75) is 64.5 Å². The van der Waals surface area contributed by atoms with Crippen molar-refractivity contribution < 1.29 is 32.2 Å². The minimum atomic E-state index is -4.71. The normalized spacial score (nSPS) is 18.1. The van der Waals surface area contributed by atoms with E-state index in [9.17, 15) is 18.0 Å². The van der Waals surface area contributed by atoms with Crippen molar-refractivity contribution in [3.8, 4) is 11.5 Å². The Kier molecular flexibility index (Phi) is 6.84. The van der Waals surface area contributed by atoms with Crippen molar-refractivity contribution in [2.75, 3.05) is 13.2 Å². The van der Waals surface area contributed by atoms with Crippen LogP contribution in [0.15, 0.2) is 24.3 Å². The summed E-state index contributed by atoms with van der Waals surface area (Å²) >= 11 is 0. The van der Waals surface area contributed by atoms with Crippen LogP contribution in [-0.2, 0) is 4.74 Å². The molecule has 1 aliphatic rings. The Bertz CT molecular complexity index is 611. The molecule has 2 rings (SSSR count). The maximum Gasteiger partial charge on any atom is 0.573 e. The molecular weight excluding hydrogens is 363 g/mol. The van der Waals surface area contributed by atoms with E-state index >= 15 is 0 Å². The minimum absolute atomic E-state index is 0.0291. The minimum Gasteiger partial charge on any atom is -0.494 e. The summed E-state index contributed by atoms with van der Waals surface area (Å²) in [5, 5.41) is 0. The first-order chi connectivity index (χ1) is 12.5. The second-order valence-corrected chi connectivity index (χ2v) is 7.48. The molecule has 0 N–H and O–H groups in total. The van der Waals surface area contributed by atoms with E-state index in [1.807, 2.05) is 20.8 Å². The number of likely N-dealkylation sites (tertiary alicyclic amines) is 1. The molecule has 152 valence electrons. The van der Waals surface area contributed by atoms with Crippen LogP contribution in [0, 0.1) is 0 Å². The number of amides is 1. The highest BCUT2D eigenvalue weighted by Crippen LogP contribution is 2.26. The lowest BCUT2D eigenvalue weighted by atomic mass is 10.0. The third-order valence-electron chi connectivity index (χ3n) is 4.03. The molecule has 0 unspecified atom stereocenters. The molecule has 1 saturated heterocycles. The Morgan fingerprint density at radius 3 is 2.33 bits per heavy atom. The molecule has 0 bridgehead atoms. The van der Waals surface area contributed by atoms with Gasteiger partial charge in [-0.15, -0.1) is 13.2 Å². The number of carbonyl (C=O) groups is 1. The highest BCUT2D eigenvalue weighted by atomic mass is 19.4. The number of nitrogens with zero attached hydrogens (tertiary/aromatic N) is 1. The van der Waals surface area contributed by atoms with Gasteiger partial charge in [0, 0.05) is 19.0 Å². The van der Waals surface area contributed by atoms with Crippen LogP contribution in [0.1, 0.15) is 46.5 Å². The molecule has 27 heavy (non-hydrogen) atoms. The van der Waals surface area contributed by atoms with Gasteiger partial charge in [0.15, 0.2) is 0 Å². The van der Waals surface area contributed by atoms with Crippen LogP contribution in [0.5, 0.6) is 11.5 Å². The zero-order valence-corrected chi connectivity index (χ0v) is 15.8. The molecule has 0 aliphatic carbocycles. The second kappa shape index (κ2) is 8.71. The summed E-state index contributed by atoms with van der Waals surface area (Å²) in [4.78, 5) is 14.1. The first kappa shape index (κ1) is 21.2. The lowest BCUT2D eigenvalue weighted by Crippen LogP contribution is -2.46. The average Bonchev–Trinajstić information content (AvgIpc) is 2.54. The van der Waals surface area contributed by atoms with Gasteiger partial charge in [-0.05, 0) is 64.3 Å². The molecule has 1 aromatic rings. The summed E-state index contributed by atoms with van der Waals surface area (Å²) in [6, 6.07) is 5.29. The second-order valence-electron chi connectivity index (χ2n) is 7.48. The SMILES string of the molecule is CC(C)(C)OC(=O)N1CCCC[C@H]1CCOc1ccc(OC(F)(F)F)cc1. The molecule has 1 aromatic carbocycles. The number of benzene rings is 1. The Balaban J connectivity index is 1.84. The van der Waals surface area contributed by atoms with Crippen molar-refractivity contribution in [2.24, 2.45) is 0 Å². The number of halogens is 3. The fourth-order valence-corrected chi connectivity index (χ4v) is 2.91. The van der Waals surface area contributed by atoms with Crippen molar-refractivity contribution in [3.63, 3.8) is 0 Å². The molecule has 5 nitrogen and oxygen atoms in total. The van der Waals surface area contributed by atoms with E-state index in [4.69, 9.17) is 9.47 Å². The molecule has 1 heterocycles. The summed E-state index contributed by atoms with van der Waals surface area (Å²) < 4.78 is 51.4. The molecule has 0 saturated carbocycles. The number of alkyl halides is 3. The maximum atomic E-state index is 12.4. The molecule has 8 heteroatoms. The quantitative estimate of drug-likeness (QED) is 0.699. The van der Waals surface area contributed by atoms with E-state index in [0.717, 1.165) is 19.3 Å². The van der Waals surface area contributed by atoms with Crippen LogP contribution < -0.4 is 9.47 Å². The van der Waals surface area contributed by atoms with Gasteiger partial charge in [0.1, 0.15) is 17.1 Å². The van der Waals surface area contributed by atoms with Crippen LogP contribution >= 0.6 is 0 Å². The molecule has 1 aliphatic heterocycles. The monoisotopic (exact) mass is 389 g/mol. The summed E-state index contributed by atoms with van der Waals surface area (Å²) in [7, 11) is 0. The number of ether oxygens (including phenoxy) is 3. The maximum absolute atomic E-state index is 12.4. The number of hydrogen-bond donors (Lipinski definition) is 0. The fraction of sp³-hybridized carbons (Fsp3) is 0.632. The predicted octanol–water partition coefficient (Wildman–Crippen LogP) is 5.14. The third kappa shape index (κ3) is 7.56. The molecular formula is C19H26F3NO4. The van der Waals surface area contributed by atoms with Gasteiger partial charge in [-0.3, -0.25) is 0 Å². The van der Waals surface area contributed by atoms with Crippen molar-refractivity contribution in [1.82, 2.24) is 4.90 Å². The summed E-state index contributed by atoms with van der Waals surface area (Å²) in [5.41, 5.74) is -0.546. The van der Waals surface area contributed by atoms with Gasteiger partial charge in [-0.25, -0.2) is 4.79 Å².